The number of fused-ring (bicyclic) bond motifs is 3. The Morgan fingerprint density at radius 1 is 0.338 bits per heavy atom. The Morgan fingerprint density at radius 2 is 0.765 bits per heavy atom. The molecular weight excluding hydrogens is 821 g/mol. The van der Waals surface area contributed by atoms with Crippen LogP contribution in [0.5, 0.6) is 0 Å². The summed E-state index contributed by atoms with van der Waals surface area (Å²) in [6, 6.07) is 82.6. The molecular formula is C66H52N2. The van der Waals surface area contributed by atoms with E-state index in [0.29, 0.717) is 0 Å². The average Bonchev–Trinajstić information content (AvgIpc) is 4.05. The largest absolute Gasteiger partial charge is 0.309 e. The molecule has 0 unspecified atom stereocenters. The minimum atomic E-state index is 0.103. The molecule has 0 saturated heterocycles. The van der Waals surface area contributed by atoms with Crippen LogP contribution >= 0.6 is 0 Å². The Bertz CT molecular complexity index is 3610. The Hall–Kier alpha value is -8.20. The molecule has 1 aliphatic rings. The summed E-state index contributed by atoms with van der Waals surface area (Å²) >= 11 is 0. The van der Waals surface area contributed by atoms with Gasteiger partial charge in [-0.2, -0.15) is 0 Å². The molecule has 0 N–H and O–H groups in total. The molecule has 2 nitrogen and oxygen atoms in total. The van der Waals surface area contributed by atoms with Crippen LogP contribution in [0.4, 0.5) is 0 Å². The lowest BCUT2D eigenvalue weighted by Gasteiger charge is -2.28. The third-order valence-corrected chi connectivity index (χ3v) is 14.1. The fraction of sp³-hybridized carbons (Fsp3) is 0.0909. The Balaban J connectivity index is 1.21. The van der Waals surface area contributed by atoms with Crippen molar-refractivity contribution in [2.24, 2.45) is 5.41 Å². The molecule has 0 radical (unpaired) electrons. The Kier molecular flexibility index (Phi) is 10.3. The second-order valence-electron chi connectivity index (χ2n) is 19.2. The first-order valence-corrected chi connectivity index (χ1v) is 24.0. The highest BCUT2D eigenvalue weighted by Gasteiger charge is 2.26. The van der Waals surface area contributed by atoms with Crippen LogP contribution in [-0.4, -0.2) is 9.13 Å². The van der Waals surface area contributed by atoms with Crippen molar-refractivity contribution in [2.45, 2.75) is 33.6 Å². The van der Waals surface area contributed by atoms with E-state index < -0.39 is 0 Å². The van der Waals surface area contributed by atoms with Gasteiger partial charge in [-0.1, -0.05) is 214 Å². The lowest BCUT2D eigenvalue weighted by atomic mass is 9.77. The van der Waals surface area contributed by atoms with Gasteiger partial charge in [0.2, 0.25) is 0 Å². The predicted octanol–water partition coefficient (Wildman–Crippen LogP) is 18.2. The van der Waals surface area contributed by atoms with Gasteiger partial charge in [0, 0.05) is 11.4 Å². The van der Waals surface area contributed by atoms with Crippen molar-refractivity contribution in [1.82, 2.24) is 9.13 Å². The number of hydrogen-bond donors (Lipinski definition) is 0. The number of rotatable bonds is 8. The van der Waals surface area contributed by atoms with Gasteiger partial charge in [-0.3, -0.25) is 0 Å². The molecule has 68 heavy (non-hydrogen) atoms. The third-order valence-electron chi connectivity index (χ3n) is 14.1. The zero-order chi connectivity index (χ0) is 45.8. The van der Waals surface area contributed by atoms with E-state index in [9.17, 15) is 0 Å². The van der Waals surface area contributed by atoms with E-state index in [1.165, 1.54) is 82.4 Å². The summed E-state index contributed by atoms with van der Waals surface area (Å²) in [6.07, 6.45) is 6.84. The van der Waals surface area contributed by atoms with Gasteiger partial charge in [-0.15, -0.1) is 0 Å². The van der Waals surface area contributed by atoms with E-state index in [1.54, 1.807) is 0 Å². The Labute approximate surface area is 399 Å². The molecule has 2 heteroatoms. The molecule has 2 heterocycles. The van der Waals surface area contributed by atoms with Crippen molar-refractivity contribution in [2.75, 3.05) is 0 Å². The summed E-state index contributed by atoms with van der Waals surface area (Å²) in [5, 5.41) is 7.47. The van der Waals surface area contributed by atoms with Crippen molar-refractivity contribution >= 4 is 37.9 Å². The van der Waals surface area contributed by atoms with Gasteiger partial charge in [0.1, 0.15) is 0 Å². The van der Waals surface area contributed by atoms with Gasteiger partial charge in [0.05, 0.1) is 22.8 Å². The summed E-state index contributed by atoms with van der Waals surface area (Å²) in [7, 11) is 0. The van der Waals surface area contributed by atoms with E-state index in [0.717, 1.165) is 47.0 Å². The molecule has 326 valence electrons. The van der Waals surface area contributed by atoms with Crippen LogP contribution in [-0.2, 0) is 0 Å². The van der Waals surface area contributed by atoms with Crippen LogP contribution in [0.1, 0.15) is 39.2 Å². The number of benzene rings is 9. The first kappa shape index (κ1) is 41.2. The van der Waals surface area contributed by atoms with Gasteiger partial charge < -0.3 is 9.13 Å². The van der Waals surface area contributed by atoms with Crippen LogP contribution in [0.25, 0.3) is 105 Å². The topological polar surface area (TPSA) is 9.86 Å². The highest BCUT2D eigenvalue weighted by atomic mass is 15.0. The van der Waals surface area contributed by atoms with Gasteiger partial charge in [-0.05, 0) is 144 Å². The van der Waals surface area contributed by atoms with Crippen molar-refractivity contribution in [3.8, 4) is 67.5 Å². The highest BCUT2D eigenvalue weighted by molar-refractivity contribution is 6.22. The summed E-state index contributed by atoms with van der Waals surface area (Å²) in [5.41, 5.74) is 18.4. The highest BCUT2D eigenvalue weighted by Crippen LogP contribution is 2.48. The molecule has 1 aliphatic carbocycles. The molecule has 12 rings (SSSR count). The van der Waals surface area contributed by atoms with Crippen molar-refractivity contribution in [1.29, 1.82) is 0 Å². The molecule has 2 aromatic heterocycles. The molecule has 0 aliphatic heterocycles. The number of hydrogen-bond acceptors (Lipinski definition) is 0. The third kappa shape index (κ3) is 7.21. The Morgan fingerprint density at radius 3 is 1.22 bits per heavy atom. The molecule has 11 aromatic rings. The van der Waals surface area contributed by atoms with Crippen LogP contribution in [0.15, 0.2) is 242 Å². The second kappa shape index (κ2) is 16.9. The van der Waals surface area contributed by atoms with Gasteiger partial charge >= 0.3 is 0 Å². The van der Waals surface area contributed by atoms with Gasteiger partial charge in [0.25, 0.3) is 0 Å². The fourth-order valence-electron chi connectivity index (χ4n) is 10.8. The molecule has 0 spiro atoms. The lowest BCUT2D eigenvalue weighted by molar-refractivity contribution is 0.482. The summed E-state index contributed by atoms with van der Waals surface area (Å²) in [5.74, 6) is 0. The normalized spacial score (nSPS) is 13.0. The first-order valence-electron chi connectivity index (χ1n) is 24.0. The van der Waals surface area contributed by atoms with Crippen LogP contribution in [0.3, 0.4) is 0 Å². The maximum Gasteiger partial charge on any atom is 0.0535 e. The average molecular weight is 873 g/mol. The number of nitrogens with zero attached hydrogens (tertiary/aromatic N) is 2. The second-order valence-corrected chi connectivity index (χ2v) is 19.2. The lowest BCUT2D eigenvalue weighted by Crippen LogP contribution is -2.11. The fourth-order valence-corrected chi connectivity index (χ4v) is 10.8. The quantitative estimate of drug-likeness (QED) is 0.135. The van der Waals surface area contributed by atoms with Crippen LogP contribution in [0.2, 0.25) is 0 Å². The monoisotopic (exact) mass is 872 g/mol. The molecule has 0 amide bonds. The van der Waals surface area contributed by atoms with Crippen molar-refractivity contribution in [3.63, 3.8) is 0 Å². The smallest absolute Gasteiger partial charge is 0.0535 e. The minimum absolute atomic E-state index is 0.103. The van der Waals surface area contributed by atoms with Crippen molar-refractivity contribution in [3.05, 3.63) is 248 Å². The molecule has 0 saturated carbocycles. The van der Waals surface area contributed by atoms with Crippen molar-refractivity contribution < 1.29 is 0 Å². The summed E-state index contributed by atoms with van der Waals surface area (Å²) in [6.45, 7) is 7.03. The molecule has 9 aromatic carbocycles. The van der Waals surface area contributed by atoms with Gasteiger partial charge in [0.15, 0.2) is 0 Å². The van der Waals surface area contributed by atoms with Crippen LogP contribution in [0, 0.1) is 5.41 Å². The number of allylic oxidation sites excluding steroid dienone is 4. The minimum Gasteiger partial charge on any atom is -0.309 e. The zero-order valence-electron chi connectivity index (χ0n) is 38.8. The maximum absolute atomic E-state index is 2.49. The molecule has 0 fully saturated rings. The summed E-state index contributed by atoms with van der Waals surface area (Å²) in [4.78, 5) is 0. The van der Waals surface area contributed by atoms with E-state index >= 15 is 0 Å². The van der Waals surface area contributed by atoms with E-state index in [-0.39, 0.29) is 5.41 Å². The SMILES string of the molecule is CC(C)(C)C1=CC=C(c2c3cc(-n4c(-c5ccccc5)ccc4-c4ccccc4)ccc3c(-c3cccc4ccccc34)c3cc(-n4c(-c5ccccc5)ccc4-c4ccccc4)ccc23)CC1. The van der Waals surface area contributed by atoms with E-state index in [1.807, 2.05) is 0 Å². The summed E-state index contributed by atoms with van der Waals surface area (Å²) < 4.78 is 4.93. The molecule has 0 bridgehead atoms. The number of aromatic nitrogens is 2. The zero-order valence-corrected chi connectivity index (χ0v) is 38.8. The predicted molar refractivity (Wildman–Crippen MR) is 290 cm³/mol. The molecule has 0 atom stereocenters. The van der Waals surface area contributed by atoms with E-state index in [4.69, 9.17) is 0 Å². The van der Waals surface area contributed by atoms with E-state index in [2.05, 4.69) is 267 Å². The maximum atomic E-state index is 2.49. The standard InChI is InChI=1S/C66H52N2/c1-66(2,3)51-33-31-50(32-34-51)64-56-37-35-53(68-62(48-24-12-6-13-25-48)41-42-63(68)49-26-14-7-15-27-49)44-59(56)65(55-30-18-28-45-19-16-17-29-54(45)55)57-38-36-52(43-58(57)64)67-60(46-20-8-4-9-21-46)39-40-61(67)47-22-10-5-11-23-47/h4-31,33,35-44H,32,34H2,1-3H3. The van der Waals surface area contributed by atoms with Crippen LogP contribution < -0.4 is 0 Å². The first-order chi connectivity index (χ1) is 33.4. The van der Waals surface area contributed by atoms with Gasteiger partial charge in [-0.25, -0.2) is 0 Å².